The number of hydrogen-bond acceptors (Lipinski definition) is 5. The Morgan fingerprint density at radius 1 is 0.893 bits per heavy atom. The fourth-order valence-corrected chi connectivity index (χ4v) is 3.84. The van der Waals surface area contributed by atoms with E-state index in [4.69, 9.17) is 4.98 Å². The van der Waals surface area contributed by atoms with Crippen molar-refractivity contribution >= 4 is 17.7 Å². The van der Waals surface area contributed by atoms with Gasteiger partial charge in [-0.3, -0.25) is 4.79 Å². The van der Waals surface area contributed by atoms with E-state index in [1.807, 2.05) is 17.2 Å². The summed E-state index contributed by atoms with van der Waals surface area (Å²) in [7, 11) is 0. The van der Waals surface area contributed by atoms with E-state index in [1.54, 1.807) is 12.1 Å². The van der Waals surface area contributed by atoms with Crippen molar-refractivity contribution in [1.82, 2.24) is 14.9 Å². The second-order valence-electron chi connectivity index (χ2n) is 7.43. The molecule has 1 aromatic heterocycles. The number of rotatable bonds is 4. The van der Waals surface area contributed by atoms with Gasteiger partial charge in [-0.1, -0.05) is 12.1 Å². The number of amides is 1. The van der Waals surface area contributed by atoms with Gasteiger partial charge in [0.15, 0.2) is 0 Å². The van der Waals surface area contributed by atoms with Crippen molar-refractivity contribution in [3.8, 4) is 0 Å². The van der Waals surface area contributed by atoms with Gasteiger partial charge in [-0.05, 0) is 43.0 Å². The van der Waals surface area contributed by atoms with E-state index in [-0.39, 0.29) is 11.7 Å². The molecule has 2 fully saturated rings. The van der Waals surface area contributed by atoms with Crippen molar-refractivity contribution in [2.45, 2.75) is 25.7 Å². The predicted octanol–water partition coefficient (Wildman–Crippen LogP) is 2.50. The van der Waals surface area contributed by atoms with Gasteiger partial charge in [-0.15, -0.1) is 0 Å². The van der Waals surface area contributed by atoms with E-state index in [2.05, 4.69) is 14.8 Å². The van der Waals surface area contributed by atoms with Crippen molar-refractivity contribution in [2.75, 3.05) is 49.1 Å². The molecule has 0 radical (unpaired) electrons. The Morgan fingerprint density at radius 2 is 1.61 bits per heavy atom. The molecule has 2 aliphatic rings. The average molecular weight is 383 g/mol. The Kier molecular flexibility index (Phi) is 5.69. The summed E-state index contributed by atoms with van der Waals surface area (Å²) in [6, 6.07) is 8.09. The highest BCUT2D eigenvalue weighted by atomic mass is 19.1. The first kappa shape index (κ1) is 18.7. The van der Waals surface area contributed by atoms with Crippen molar-refractivity contribution < 1.29 is 9.18 Å². The summed E-state index contributed by atoms with van der Waals surface area (Å²) in [5, 5.41) is 0. The number of carbonyl (C=O) groups is 1. The molecule has 2 aromatic rings. The van der Waals surface area contributed by atoms with Crippen LogP contribution in [0.15, 0.2) is 36.5 Å². The van der Waals surface area contributed by atoms with E-state index < -0.39 is 0 Å². The number of halogens is 1. The maximum atomic E-state index is 13.0. The first-order valence-electron chi connectivity index (χ1n) is 10.0. The van der Waals surface area contributed by atoms with Gasteiger partial charge in [0.25, 0.3) is 0 Å². The first-order chi connectivity index (χ1) is 13.7. The number of piperazine rings is 1. The summed E-state index contributed by atoms with van der Waals surface area (Å²) in [5.74, 6) is 1.55. The minimum Gasteiger partial charge on any atom is -0.353 e. The van der Waals surface area contributed by atoms with Gasteiger partial charge in [-0.2, -0.15) is 4.98 Å². The lowest BCUT2D eigenvalue weighted by molar-refractivity contribution is -0.130. The van der Waals surface area contributed by atoms with Gasteiger partial charge in [0.2, 0.25) is 11.9 Å². The van der Waals surface area contributed by atoms with Gasteiger partial charge in [0, 0.05) is 45.5 Å². The van der Waals surface area contributed by atoms with Crippen LogP contribution >= 0.6 is 0 Å². The molecule has 6 nitrogen and oxygen atoms in total. The minimum absolute atomic E-state index is 0.0861. The van der Waals surface area contributed by atoms with Crippen LogP contribution in [0.1, 0.15) is 24.8 Å². The fourth-order valence-electron chi connectivity index (χ4n) is 3.84. The Balaban J connectivity index is 1.33. The summed E-state index contributed by atoms with van der Waals surface area (Å²) in [4.78, 5) is 28.1. The van der Waals surface area contributed by atoms with Crippen molar-refractivity contribution in [2.24, 2.45) is 0 Å². The summed E-state index contributed by atoms with van der Waals surface area (Å²) < 4.78 is 13.0. The lowest BCUT2D eigenvalue weighted by atomic mass is 10.1. The summed E-state index contributed by atoms with van der Waals surface area (Å²) in [5.41, 5.74) is 0.843. The standard InChI is InChI=1S/C21H26FN5O/c22-18-6-4-17(5-7-18)16-20(28)26-14-12-25(13-15-26)19-8-9-23-21(24-19)27-10-2-1-3-11-27/h4-9H,1-3,10-16H2. The molecule has 0 N–H and O–H groups in total. The molecular formula is C21H26FN5O. The molecule has 0 atom stereocenters. The second kappa shape index (κ2) is 8.54. The third-order valence-corrected chi connectivity index (χ3v) is 5.49. The first-order valence-corrected chi connectivity index (χ1v) is 10.0. The number of aromatic nitrogens is 2. The van der Waals surface area contributed by atoms with Gasteiger partial charge in [0.05, 0.1) is 6.42 Å². The molecule has 0 aliphatic carbocycles. The molecule has 7 heteroatoms. The maximum Gasteiger partial charge on any atom is 0.227 e. The number of benzene rings is 1. The molecule has 0 unspecified atom stereocenters. The molecule has 0 bridgehead atoms. The lowest BCUT2D eigenvalue weighted by Crippen LogP contribution is -2.49. The van der Waals surface area contributed by atoms with Crippen molar-refractivity contribution in [3.63, 3.8) is 0 Å². The normalized spacial score (nSPS) is 17.7. The van der Waals surface area contributed by atoms with Crippen LogP contribution in [0.2, 0.25) is 0 Å². The van der Waals surface area contributed by atoms with Gasteiger partial charge in [-0.25, -0.2) is 9.37 Å². The quantitative estimate of drug-likeness (QED) is 0.812. The molecule has 2 saturated heterocycles. The zero-order valence-electron chi connectivity index (χ0n) is 16.1. The van der Waals surface area contributed by atoms with Gasteiger partial charge in [0.1, 0.15) is 11.6 Å². The maximum absolute atomic E-state index is 13.0. The lowest BCUT2D eigenvalue weighted by Gasteiger charge is -2.36. The third kappa shape index (κ3) is 4.40. The molecule has 1 aromatic carbocycles. The molecule has 0 spiro atoms. The van der Waals surface area contributed by atoms with Crippen LogP contribution in [-0.2, 0) is 11.2 Å². The van der Waals surface area contributed by atoms with Crippen LogP contribution in [0.3, 0.4) is 0 Å². The van der Waals surface area contributed by atoms with Crippen LogP contribution in [0, 0.1) is 5.82 Å². The van der Waals surface area contributed by atoms with E-state index in [0.29, 0.717) is 19.5 Å². The third-order valence-electron chi connectivity index (χ3n) is 5.49. The van der Waals surface area contributed by atoms with Crippen LogP contribution in [0.25, 0.3) is 0 Å². The highest BCUT2D eigenvalue weighted by Gasteiger charge is 2.23. The van der Waals surface area contributed by atoms with E-state index in [0.717, 1.165) is 43.5 Å². The molecule has 3 heterocycles. The zero-order chi connectivity index (χ0) is 19.3. The van der Waals surface area contributed by atoms with E-state index in [1.165, 1.54) is 31.4 Å². The van der Waals surface area contributed by atoms with Crippen LogP contribution in [-0.4, -0.2) is 60.0 Å². The Hall–Kier alpha value is -2.70. The highest BCUT2D eigenvalue weighted by molar-refractivity contribution is 5.79. The Bertz CT molecular complexity index is 799. The summed E-state index contributed by atoms with van der Waals surface area (Å²) >= 11 is 0. The molecule has 2 aliphatic heterocycles. The predicted molar refractivity (Wildman–Crippen MR) is 107 cm³/mol. The molecule has 148 valence electrons. The number of piperidine rings is 1. The highest BCUT2D eigenvalue weighted by Crippen LogP contribution is 2.20. The van der Waals surface area contributed by atoms with Crippen LogP contribution in [0.4, 0.5) is 16.2 Å². The SMILES string of the molecule is O=C(Cc1ccc(F)cc1)N1CCN(c2ccnc(N3CCCCC3)n2)CC1. The van der Waals surface area contributed by atoms with Crippen molar-refractivity contribution in [3.05, 3.63) is 47.9 Å². The van der Waals surface area contributed by atoms with E-state index in [9.17, 15) is 9.18 Å². The molecular weight excluding hydrogens is 357 g/mol. The van der Waals surface area contributed by atoms with Crippen LogP contribution < -0.4 is 9.80 Å². The number of nitrogens with zero attached hydrogens (tertiary/aromatic N) is 5. The summed E-state index contributed by atoms with van der Waals surface area (Å²) in [6.45, 7) is 4.90. The van der Waals surface area contributed by atoms with Gasteiger partial charge >= 0.3 is 0 Å². The second-order valence-corrected chi connectivity index (χ2v) is 7.43. The average Bonchev–Trinajstić information content (AvgIpc) is 2.76. The zero-order valence-corrected chi connectivity index (χ0v) is 16.1. The molecule has 28 heavy (non-hydrogen) atoms. The van der Waals surface area contributed by atoms with E-state index >= 15 is 0 Å². The fraction of sp³-hybridized carbons (Fsp3) is 0.476. The Morgan fingerprint density at radius 3 is 2.32 bits per heavy atom. The summed E-state index contributed by atoms with van der Waals surface area (Å²) in [6.07, 6.45) is 5.82. The molecule has 1 amide bonds. The van der Waals surface area contributed by atoms with Crippen LogP contribution in [0.5, 0.6) is 0 Å². The number of hydrogen-bond donors (Lipinski definition) is 0. The smallest absolute Gasteiger partial charge is 0.227 e. The number of anilines is 2. The molecule has 4 rings (SSSR count). The Labute approximate surface area is 165 Å². The minimum atomic E-state index is -0.279. The largest absolute Gasteiger partial charge is 0.353 e. The monoisotopic (exact) mass is 383 g/mol. The van der Waals surface area contributed by atoms with Crippen molar-refractivity contribution in [1.29, 1.82) is 0 Å². The van der Waals surface area contributed by atoms with Gasteiger partial charge < -0.3 is 14.7 Å². The number of carbonyl (C=O) groups excluding carboxylic acids is 1. The molecule has 0 saturated carbocycles. The topological polar surface area (TPSA) is 52.6 Å².